The molecule has 0 unspecified atom stereocenters. The number of aromatic nitrogens is 1. The number of rotatable bonds is 4. The number of hydrogen-bond acceptors (Lipinski definition) is 3. The first-order valence-electron chi connectivity index (χ1n) is 4.88. The van der Waals surface area contributed by atoms with Crippen molar-refractivity contribution < 1.29 is 4.79 Å². The summed E-state index contributed by atoms with van der Waals surface area (Å²) in [5, 5.41) is 11.3. The molecule has 4 nitrogen and oxygen atoms in total. The largest absolute Gasteiger partial charge is 0.352 e. The van der Waals surface area contributed by atoms with E-state index in [9.17, 15) is 4.79 Å². The van der Waals surface area contributed by atoms with Gasteiger partial charge in [-0.1, -0.05) is 6.92 Å². The fraction of sp³-hybridized carbons (Fsp3) is 0.364. The summed E-state index contributed by atoms with van der Waals surface area (Å²) in [7, 11) is 0. The number of amides is 1. The summed E-state index contributed by atoms with van der Waals surface area (Å²) >= 11 is 0. The molecule has 1 aromatic rings. The third-order valence-corrected chi connectivity index (χ3v) is 1.87. The van der Waals surface area contributed by atoms with E-state index in [2.05, 4.69) is 10.3 Å². The lowest BCUT2D eigenvalue weighted by atomic mass is 10.2. The summed E-state index contributed by atoms with van der Waals surface area (Å²) in [5.74, 6) is -0.113. The summed E-state index contributed by atoms with van der Waals surface area (Å²) in [6, 6.07) is 5.29. The van der Waals surface area contributed by atoms with Gasteiger partial charge < -0.3 is 5.32 Å². The first-order chi connectivity index (χ1) is 7.27. The molecule has 0 atom stereocenters. The SMILES string of the molecule is CCCNC(=O)c1ccnc(CC#N)c1. The highest BCUT2D eigenvalue weighted by Gasteiger charge is 2.05. The van der Waals surface area contributed by atoms with Gasteiger partial charge in [0.1, 0.15) is 0 Å². The molecule has 0 radical (unpaired) electrons. The molecule has 0 aliphatic carbocycles. The van der Waals surface area contributed by atoms with Crippen LogP contribution in [0.25, 0.3) is 0 Å². The monoisotopic (exact) mass is 203 g/mol. The van der Waals surface area contributed by atoms with E-state index in [1.54, 1.807) is 18.3 Å². The van der Waals surface area contributed by atoms with Gasteiger partial charge in [0, 0.05) is 18.3 Å². The van der Waals surface area contributed by atoms with E-state index in [1.165, 1.54) is 0 Å². The van der Waals surface area contributed by atoms with Gasteiger partial charge in [-0.15, -0.1) is 0 Å². The van der Waals surface area contributed by atoms with Crippen molar-refractivity contribution >= 4 is 5.91 Å². The zero-order valence-electron chi connectivity index (χ0n) is 8.66. The lowest BCUT2D eigenvalue weighted by molar-refractivity contribution is 0.0953. The predicted octanol–water partition coefficient (Wildman–Crippen LogP) is 1.29. The molecule has 0 fully saturated rings. The summed E-state index contributed by atoms with van der Waals surface area (Å²) < 4.78 is 0. The Morgan fingerprint density at radius 2 is 2.47 bits per heavy atom. The van der Waals surface area contributed by atoms with Crippen molar-refractivity contribution in [2.24, 2.45) is 0 Å². The minimum atomic E-state index is -0.113. The van der Waals surface area contributed by atoms with Crippen LogP contribution in [0.4, 0.5) is 0 Å². The van der Waals surface area contributed by atoms with Crippen LogP contribution < -0.4 is 5.32 Å². The van der Waals surface area contributed by atoms with Crippen LogP contribution in [0, 0.1) is 11.3 Å². The van der Waals surface area contributed by atoms with Gasteiger partial charge in [0.15, 0.2) is 0 Å². The zero-order chi connectivity index (χ0) is 11.1. The van der Waals surface area contributed by atoms with Gasteiger partial charge in [0.25, 0.3) is 5.91 Å². The van der Waals surface area contributed by atoms with Crippen molar-refractivity contribution in [1.82, 2.24) is 10.3 Å². The fourth-order valence-electron chi connectivity index (χ4n) is 1.14. The molecule has 0 bridgehead atoms. The number of pyridine rings is 1. The molecule has 1 heterocycles. The molecule has 0 aliphatic rings. The maximum Gasteiger partial charge on any atom is 0.251 e. The second-order valence-electron chi connectivity index (χ2n) is 3.13. The number of nitrogens with one attached hydrogen (secondary N) is 1. The van der Waals surface area contributed by atoms with Gasteiger partial charge >= 0.3 is 0 Å². The zero-order valence-corrected chi connectivity index (χ0v) is 8.66. The summed E-state index contributed by atoms with van der Waals surface area (Å²) in [6.07, 6.45) is 2.68. The first kappa shape index (κ1) is 11.2. The summed E-state index contributed by atoms with van der Waals surface area (Å²) in [6.45, 7) is 2.66. The Kier molecular flexibility index (Phi) is 4.30. The standard InChI is InChI=1S/C11H13N3O/c1-2-6-14-11(15)9-4-7-13-10(8-9)3-5-12/h4,7-8H,2-3,6H2,1H3,(H,14,15). The van der Waals surface area contributed by atoms with Crippen LogP contribution in [0.2, 0.25) is 0 Å². The summed E-state index contributed by atoms with van der Waals surface area (Å²) in [5.41, 5.74) is 1.19. The number of hydrogen-bond donors (Lipinski definition) is 1. The number of nitriles is 1. The van der Waals surface area contributed by atoms with Gasteiger partial charge in [-0.2, -0.15) is 5.26 Å². The second kappa shape index (κ2) is 5.76. The summed E-state index contributed by atoms with van der Waals surface area (Å²) in [4.78, 5) is 15.5. The highest BCUT2D eigenvalue weighted by molar-refractivity contribution is 5.94. The number of nitrogens with zero attached hydrogens (tertiary/aromatic N) is 2. The van der Waals surface area contributed by atoms with Gasteiger partial charge in [0.05, 0.1) is 18.2 Å². The molecule has 78 valence electrons. The van der Waals surface area contributed by atoms with E-state index >= 15 is 0 Å². The fourth-order valence-corrected chi connectivity index (χ4v) is 1.14. The van der Waals surface area contributed by atoms with E-state index in [-0.39, 0.29) is 12.3 Å². The minimum absolute atomic E-state index is 0.113. The van der Waals surface area contributed by atoms with Crippen LogP contribution in [-0.2, 0) is 6.42 Å². The minimum Gasteiger partial charge on any atom is -0.352 e. The predicted molar refractivity (Wildman–Crippen MR) is 56.2 cm³/mol. The Balaban J connectivity index is 2.72. The molecule has 1 aromatic heterocycles. The molecule has 1 amide bonds. The number of carbonyl (C=O) groups is 1. The lowest BCUT2D eigenvalue weighted by Crippen LogP contribution is -2.24. The van der Waals surface area contributed by atoms with Crippen molar-refractivity contribution in [3.05, 3.63) is 29.6 Å². The van der Waals surface area contributed by atoms with Gasteiger partial charge in [-0.3, -0.25) is 9.78 Å². The normalized spacial score (nSPS) is 9.33. The van der Waals surface area contributed by atoms with E-state index in [1.807, 2.05) is 13.0 Å². The molecule has 0 aliphatic heterocycles. The Hall–Kier alpha value is -1.89. The van der Waals surface area contributed by atoms with Crippen LogP contribution in [0.1, 0.15) is 29.4 Å². The average Bonchev–Trinajstić information content (AvgIpc) is 2.27. The van der Waals surface area contributed by atoms with Crippen molar-refractivity contribution in [3.63, 3.8) is 0 Å². The molecule has 0 saturated heterocycles. The first-order valence-corrected chi connectivity index (χ1v) is 4.88. The molecular weight excluding hydrogens is 190 g/mol. The maximum atomic E-state index is 11.5. The Labute approximate surface area is 88.9 Å². The van der Waals surface area contributed by atoms with Crippen LogP contribution in [-0.4, -0.2) is 17.4 Å². The third kappa shape index (κ3) is 3.39. The van der Waals surface area contributed by atoms with Crippen LogP contribution in [0.15, 0.2) is 18.3 Å². The maximum absolute atomic E-state index is 11.5. The molecule has 0 saturated carbocycles. The molecular formula is C11H13N3O. The van der Waals surface area contributed by atoms with Crippen LogP contribution in [0.3, 0.4) is 0 Å². The second-order valence-corrected chi connectivity index (χ2v) is 3.13. The molecule has 4 heteroatoms. The van der Waals surface area contributed by atoms with Gasteiger partial charge in [0.2, 0.25) is 0 Å². The van der Waals surface area contributed by atoms with Crippen molar-refractivity contribution in [1.29, 1.82) is 5.26 Å². The highest BCUT2D eigenvalue weighted by Crippen LogP contribution is 2.02. The van der Waals surface area contributed by atoms with Crippen molar-refractivity contribution in [2.75, 3.05) is 6.54 Å². The lowest BCUT2D eigenvalue weighted by Gasteiger charge is -2.03. The quantitative estimate of drug-likeness (QED) is 0.801. The molecule has 0 aromatic carbocycles. The molecule has 1 rings (SSSR count). The van der Waals surface area contributed by atoms with E-state index in [0.29, 0.717) is 17.8 Å². The van der Waals surface area contributed by atoms with Crippen molar-refractivity contribution in [2.45, 2.75) is 19.8 Å². The third-order valence-electron chi connectivity index (χ3n) is 1.87. The Morgan fingerprint density at radius 1 is 1.67 bits per heavy atom. The molecule has 1 N–H and O–H groups in total. The van der Waals surface area contributed by atoms with Crippen LogP contribution >= 0.6 is 0 Å². The molecule has 0 spiro atoms. The Bertz CT molecular complexity index is 382. The number of carbonyl (C=O) groups excluding carboxylic acids is 1. The highest BCUT2D eigenvalue weighted by atomic mass is 16.1. The van der Waals surface area contributed by atoms with E-state index < -0.39 is 0 Å². The van der Waals surface area contributed by atoms with E-state index in [0.717, 1.165) is 6.42 Å². The van der Waals surface area contributed by atoms with Gasteiger partial charge in [-0.05, 0) is 18.6 Å². The van der Waals surface area contributed by atoms with Crippen LogP contribution in [0.5, 0.6) is 0 Å². The van der Waals surface area contributed by atoms with Crippen molar-refractivity contribution in [3.8, 4) is 6.07 Å². The smallest absolute Gasteiger partial charge is 0.251 e. The average molecular weight is 203 g/mol. The van der Waals surface area contributed by atoms with Gasteiger partial charge in [-0.25, -0.2) is 0 Å². The van der Waals surface area contributed by atoms with E-state index in [4.69, 9.17) is 5.26 Å². The topological polar surface area (TPSA) is 65.8 Å². The molecule has 15 heavy (non-hydrogen) atoms. The Morgan fingerprint density at radius 3 is 3.13 bits per heavy atom.